The quantitative estimate of drug-likeness (QED) is 0.202. The lowest BCUT2D eigenvalue weighted by molar-refractivity contribution is 0.0646. The Labute approximate surface area is 209 Å². The fourth-order valence-electron chi connectivity index (χ4n) is 3.48. The summed E-state index contributed by atoms with van der Waals surface area (Å²) in [7, 11) is 0. The zero-order chi connectivity index (χ0) is 21.7. The van der Waals surface area contributed by atoms with Crippen molar-refractivity contribution in [2.24, 2.45) is 4.99 Å². The summed E-state index contributed by atoms with van der Waals surface area (Å²) in [5.41, 5.74) is 2.33. The highest BCUT2D eigenvalue weighted by atomic mass is 127. The van der Waals surface area contributed by atoms with Crippen molar-refractivity contribution < 1.29 is 9.47 Å². The van der Waals surface area contributed by atoms with Gasteiger partial charge in [-0.1, -0.05) is 36.4 Å². The van der Waals surface area contributed by atoms with E-state index in [-0.39, 0.29) is 30.1 Å². The molecule has 0 aliphatic carbocycles. The summed E-state index contributed by atoms with van der Waals surface area (Å²) in [6.45, 7) is 10.3. The number of aromatic nitrogens is 1. The van der Waals surface area contributed by atoms with Gasteiger partial charge in [-0.2, -0.15) is 0 Å². The molecule has 0 bridgehead atoms. The number of aliphatic imine (C=N–C) groups is 1. The van der Waals surface area contributed by atoms with Crippen molar-refractivity contribution in [2.75, 3.05) is 50.9 Å². The minimum Gasteiger partial charge on any atom is -0.378 e. The van der Waals surface area contributed by atoms with E-state index in [1.54, 1.807) is 0 Å². The van der Waals surface area contributed by atoms with Gasteiger partial charge in [0.15, 0.2) is 5.96 Å². The molecule has 2 aromatic rings. The molecule has 2 heterocycles. The molecule has 0 spiro atoms. The molecule has 0 radical (unpaired) electrons. The monoisotopic (exact) mass is 553 g/mol. The standard InChI is InChI=1S/C24H35N5O2.HI/c1-3-25-24(27-13-8-16-31-20(2)21-9-5-4-6-10-21)28-19-22-11-7-12-26-23(22)29-14-17-30-18-15-29;/h4-7,9-12,20H,3,8,13-19H2,1-2H3,(H2,25,27,28);1H. The smallest absolute Gasteiger partial charge is 0.191 e. The Kier molecular flexibility index (Phi) is 12.4. The van der Waals surface area contributed by atoms with Crippen LogP contribution in [0.4, 0.5) is 5.82 Å². The lowest BCUT2D eigenvalue weighted by Gasteiger charge is -2.29. The Hall–Kier alpha value is -1.91. The Morgan fingerprint density at radius 3 is 2.69 bits per heavy atom. The number of halogens is 1. The van der Waals surface area contributed by atoms with Crippen LogP contribution in [0.2, 0.25) is 0 Å². The van der Waals surface area contributed by atoms with E-state index in [9.17, 15) is 0 Å². The molecule has 1 aliphatic heterocycles. The van der Waals surface area contributed by atoms with E-state index in [4.69, 9.17) is 14.5 Å². The summed E-state index contributed by atoms with van der Waals surface area (Å²) in [4.78, 5) is 11.7. The average Bonchev–Trinajstić information content (AvgIpc) is 2.83. The number of anilines is 1. The summed E-state index contributed by atoms with van der Waals surface area (Å²) in [6.07, 6.45) is 2.86. The maximum atomic E-state index is 5.96. The zero-order valence-corrected chi connectivity index (χ0v) is 21.5. The molecule has 0 amide bonds. The minimum atomic E-state index is 0. The topological polar surface area (TPSA) is 71.0 Å². The molecule has 1 aromatic carbocycles. The van der Waals surface area contributed by atoms with Crippen molar-refractivity contribution in [1.29, 1.82) is 0 Å². The number of guanidine groups is 1. The van der Waals surface area contributed by atoms with Crippen LogP contribution >= 0.6 is 24.0 Å². The van der Waals surface area contributed by atoms with Gasteiger partial charge in [0.1, 0.15) is 5.82 Å². The van der Waals surface area contributed by atoms with E-state index in [0.717, 1.165) is 63.2 Å². The number of ether oxygens (including phenoxy) is 2. The molecule has 32 heavy (non-hydrogen) atoms. The third-order valence-corrected chi connectivity index (χ3v) is 5.18. The molecular weight excluding hydrogens is 517 g/mol. The van der Waals surface area contributed by atoms with E-state index >= 15 is 0 Å². The molecule has 7 nitrogen and oxygen atoms in total. The highest BCUT2D eigenvalue weighted by Gasteiger charge is 2.15. The number of rotatable bonds is 10. The second-order valence-corrected chi connectivity index (χ2v) is 7.48. The first kappa shape index (κ1) is 26.3. The fraction of sp³-hybridized carbons (Fsp3) is 0.500. The van der Waals surface area contributed by atoms with Crippen LogP contribution in [0, 0.1) is 0 Å². The van der Waals surface area contributed by atoms with E-state index in [1.807, 2.05) is 30.5 Å². The van der Waals surface area contributed by atoms with Crippen LogP contribution in [-0.4, -0.2) is 56.9 Å². The van der Waals surface area contributed by atoms with Crippen LogP contribution in [0.25, 0.3) is 0 Å². The zero-order valence-electron chi connectivity index (χ0n) is 19.1. The molecule has 1 aliphatic rings. The molecule has 3 rings (SSSR count). The molecule has 2 N–H and O–H groups in total. The Morgan fingerprint density at radius 2 is 1.94 bits per heavy atom. The van der Waals surface area contributed by atoms with E-state index in [2.05, 4.69) is 52.6 Å². The summed E-state index contributed by atoms with van der Waals surface area (Å²) in [6, 6.07) is 14.4. The molecule has 176 valence electrons. The number of hydrogen-bond donors (Lipinski definition) is 2. The number of nitrogens with zero attached hydrogens (tertiary/aromatic N) is 3. The van der Waals surface area contributed by atoms with Crippen molar-refractivity contribution in [1.82, 2.24) is 15.6 Å². The third-order valence-electron chi connectivity index (χ3n) is 5.18. The molecule has 0 saturated carbocycles. The van der Waals surface area contributed by atoms with Crippen molar-refractivity contribution in [2.45, 2.75) is 32.9 Å². The van der Waals surface area contributed by atoms with Crippen molar-refractivity contribution in [3.05, 3.63) is 59.8 Å². The van der Waals surface area contributed by atoms with E-state index in [1.165, 1.54) is 5.56 Å². The van der Waals surface area contributed by atoms with Crippen LogP contribution < -0.4 is 15.5 Å². The normalized spacial score (nSPS) is 15.1. The van der Waals surface area contributed by atoms with Gasteiger partial charge in [0, 0.05) is 44.5 Å². The van der Waals surface area contributed by atoms with Gasteiger partial charge in [-0.3, -0.25) is 0 Å². The predicted molar refractivity (Wildman–Crippen MR) is 141 cm³/mol. The lowest BCUT2D eigenvalue weighted by atomic mass is 10.1. The molecule has 1 atom stereocenters. The number of pyridine rings is 1. The van der Waals surface area contributed by atoms with Crippen LogP contribution in [0.15, 0.2) is 53.7 Å². The van der Waals surface area contributed by atoms with Crippen molar-refractivity contribution >= 4 is 35.8 Å². The Morgan fingerprint density at radius 1 is 1.16 bits per heavy atom. The first-order valence-corrected chi connectivity index (χ1v) is 11.2. The summed E-state index contributed by atoms with van der Waals surface area (Å²) >= 11 is 0. The Balaban J connectivity index is 0.00000363. The number of morpholine rings is 1. The first-order valence-electron chi connectivity index (χ1n) is 11.2. The second-order valence-electron chi connectivity index (χ2n) is 7.48. The highest BCUT2D eigenvalue weighted by molar-refractivity contribution is 14.0. The minimum absolute atomic E-state index is 0. The molecule has 1 saturated heterocycles. The van der Waals surface area contributed by atoms with Gasteiger partial charge in [-0.25, -0.2) is 9.98 Å². The van der Waals surface area contributed by atoms with Gasteiger partial charge < -0.3 is 25.0 Å². The van der Waals surface area contributed by atoms with Gasteiger partial charge in [-0.05, 0) is 31.9 Å². The number of nitrogens with one attached hydrogen (secondary N) is 2. The average molecular weight is 553 g/mol. The molecule has 1 aromatic heterocycles. The van der Waals surface area contributed by atoms with Gasteiger partial charge in [0.05, 0.1) is 25.9 Å². The maximum Gasteiger partial charge on any atom is 0.191 e. The van der Waals surface area contributed by atoms with Gasteiger partial charge in [0.2, 0.25) is 0 Å². The van der Waals surface area contributed by atoms with Gasteiger partial charge >= 0.3 is 0 Å². The molecular formula is C24H36IN5O2. The van der Waals surface area contributed by atoms with Crippen molar-refractivity contribution in [3.63, 3.8) is 0 Å². The highest BCUT2D eigenvalue weighted by Crippen LogP contribution is 2.19. The first-order chi connectivity index (χ1) is 15.3. The molecule has 1 fully saturated rings. The van der Waals surface area contributed by atoms with Crippen LogP contribution in [0.3, 0.4) is 0 Å². The van der Waals surface area contributed by atoms with Crippen LogP contribution in [0.1, 0.15) is 37.5 Å². The predicted octanol–water partition coefficient (Wildman–Crippen LogP) is 3.76. The number of hydrogen-bond acceptors (Lipinski definition) is 5. The summed E-state index contributed by atoms with van der Waals surface area (Å²) in [5.74, 6) is 1.82. The lowest BCUT2D eigenvalue weighted by Crippen LogP contribution is -2.38. The second kappa shape index (κ2) is 15.0. The largest absolute Gasteiger partial charge is 0.378 e. The number of benzene rings is 1. The Bertz CT molecular complexity index is 800. The molecule has 1 unspecified atom stereocenters. The summed E-state index contributed by atoms with van der Waals surface area (Å²) in [5, 5.41) is 6.73. The van der Waals surface area contributed by atoms with E-state index in [0.29, 0.717) is 13.2 Å². The maximum absolute atomic E-state index is 5.96. The van der Waals surface area contributed by atoms with Crippen molar-refractivity contribution in [3.8, 4) is 0 Å². The van der Waals surface area contributed by atoms with Crippen LogP contribution in [0.5, 0.6) is 0 Å². The summed E-state index contributed by atoms with van der Waals surface area (Å²) < 4.78 is 11.4. The third kappa shape index (κ3) is 8.55. The van der Waals surface area contributed by atoms with E-state index < -0.39 is 0 Å². The SMILES string of the molecule is CCNC(=NCc1cccnc1N1CCOCC1)NCCCOC(C)c1ccccc1.I. The van der Waals surface area contributed by atoms with Gasteiger partial charge in [-0.15, -0.1) is 24.0 Å². The fourth-order valence-corrected chi connectivity index (χ4v) is 3.48. The van der Waals surface area contributed by atoms with Crippen LogP contribution in [-0.2, 0) is 16.0 Å². The molecule has 8 heteroatoms. The van der Waals surface area contributed by atoms with Gasteiger partial charge in [0.25, 0.3) is 0 Å².